The molecular weight excluding hydrogens is 210 g/mol. The number of carboxylic acid groups (broad SMARTS) is 1. The molecule has 0 aromatic heterocycles. The SMILES string of the molecule is C=C1N[C@@H]2CC[C@@H](C(=O)NCC(=O)O)N1C2. The van der Waals surface area contributed by atoms with Crippen LogP contribution in [0.4, 0.5) is 0 Å². The van der Waals surface area contributed by atoms with Crippen molar-refractivity contribution in [3.63, 3.8) is 0 Å². The van der Waals surface area contributed by atoms with Crippen LogP contribution in [0.3, 0.4) is 0 Å². The second-order valence-electron chi connectivity index (χ2n) is 4.15. The number of fused-ring (bicyclic) bond motifs is 2. The van der Waals surface area contributed by atoms with Crippen LogP contribution in [0.5, 0.6) is 0 Å². The maximum Gasteiger partial charge on any atom is 0.322 e. The second-order valence-corrected chi connectivity index (χ2v) is 4.15. The molecule has 0 saturated carbocycles. The lowest BCUT2D eigenvalue weighted by Gasteiger charge is -2.31. The van der Waals surface area contributed by atoms with Gasteiger partial charge in [-0.05, 0) is 12.8 Å². The first-order chi connectivity index (χ1) is 7.58. The minimum Gasteiger partial charge on any atom is -0.480 e. The summed E-state index contributed by atoms with van der Waals surface area (Å²) in [6.45, 7) is 4.30. The maximum absolute atomic E-state index is 11.8. The topological polar surface area (TPSA) is 81.7 Å². The van der Waals surface area contributed by atoms with Crippen molar-refractivity contribution in [3.8, 4) is 0 Å². The molecule has 88 valence electrons. The largest absolute Gasteiger partial charge is 0.480 e. The highest BCUT2D eigenvalue weighted by atomic mass is 16.4. The molecular formula is C10H15N3O3. The Bertz CT molecular complexity index is 342. The van der Waals surface area contributed by atoms with Gasteiger partial charge in [0.05, 0.1) is 5.82 Å². The molecule has 2 aliphatic rings. The van der Waals surface area contributed by atoms with Crippen LogP contribution in [0, 0.1) is 0 Å². The molecule has 0 aliphatic carbocycles. The van der Waals surface area contributed by atoms with E-state index in [9.17, 15) is 9.59 Å². The number of amides is 1. The van der Waals surface area contributed by atoms with Crippen molar-refractivity contribution in [1.29, 1.82) is 0 Å². The number of nitrogens with zero attached hydrogens (tertiary/aromatic N) is 1. The highest BCUT2D eigenvalue weighted by Gasteiger charge is 2.38. The molecule has 2 fully saturated rings. The van der Waals surface area contributed by atoms with E-state index in [1.165, 1.54) is 0 Å². The Morgan fingerprint density at radius 1 is 1.56 bits per heavy atom. The zero-order chi connectivity index (χ0) is 11.7. The lowest BCUT2D eigenvalue weighted by Crippen LogP contribution is -2.49. The predicted octanol–water partition coefficient (Wildman–Crippen LogP) is -0.905. The summed E-state index contributed by atoms with van der Waals surface area (Å²) >= 11 is 0. The van der Waals surface area contributed by atoms with Crippen LogP contribution in [0.25, 0.3) is 0 Å². The smallest absolute Gasteiger partial charge is 0.322 e. The fourth-order valence-corrected chi connectivity index (χ4v) is 2.26. The molecule has 0 aromatic carbocycles. The minimum absolute atomic E-state index is 0.231. The summed E-state index contributed by atoms with van der Waals surface area (Å²) in [5.74, 6) is -0.496. The zero-order valence-electron chi connectivity index (χ0n) is 8.90. The van der Waals surface area contributed by atoms with Gasteiger partial charge in [-0.3, -0.25) is 9.59 Å². The summed E-state index contributed by atoms with van der Waals surface area (Å²) < 4.78 is 0. The van der Waals surface area contributed by atoms with Crippen molar-refractivity contribution < 1.29 is 14.7 Å². The molecule has 2 aliphatic heterocycles. The Hall–Kier alpha value is -1.72. The van der Waals surface area contributed by atoms with Gasteiger partial charge in [0.25, 0.3) is 0 Å². The number of hydrogen-bond donors (Lipinski definition) is 3. The number of hydrogen-bond acceptors (Lipinski definition) is 4. The third kappa shape index (κ3) is 1.95. The van der Waals surface area contributed by atoms with E-state index in [1.807, 2.05) is 4.90 Å². The highest BCUT2D eigenvalue weighted by molar-refractivity contribution is 5.85. The van der Waals surface area contributed by atoms with Crippen molar-refractivity contribution >= 4 is 11.9 Å². The van der Waals surface area contributed by atoms with Crippen molar-refractivity contribution in [2.24, 2.45) is 0 Å². The third-order valence-electron chi connectivity index (χ3n) is 3.02. The standard InChI is InChI=1S/C10H15N3O3/c1-6-12-7-2-3-8(13(6)5-7)10(16)11-4-9(14)15/h7-8,12H,1-5H2,(H,11,16)(H,14,15)/t7-,8+/m1/s1. The summed E-state index contributed by atoms with van der Waals surface area (Å²) in [6.07, 6.45) is 1.66. The summed E-state index contributed by atoms with van der Waals surface area (Å²) in [4.78, 5) is 24.0. The van der Waals surface area contributed by atoms with E-state index in [4.69, 9.17) is 5.11 Å². The van der Waals surface area contributed by atoms with Gasteiger partial charge in [-0.15, -0.1) is 0 Å². The molecule has 6 nitrogen and oxygen atoms in total. The number of carboxylic acids is 1. The lowest BCUT2D eigenvalue weighted by atomic mass is 10.0. The number of piperidine rings is 1. The normalized spacial score (nSPS) is 27.5. The second kappa shape index (κ2) is 4.03. The van der Waals surface area contributed by atoms with Gasteiger partial charge in [0, 0.05) is 12.6 Å². The van der Waals surface area contributed by atoms with Gasteiger partial charge >= 0.3 is 5.97 Å². The Kier molecular flexibility index (Phi) is 2.72. The Morgan fingerprint density at radius 3 is 3.00 bits per heavy atom. The van der Waals surface area contributed by atoms with Gasteiger partial charge in [0.2, 0.25) is 5.91 Å². The van der Waals surface area contributed by atoms with Crippen LogP contribution in [-0.2, 0) is 9.59 Å². The van der Waals surface area contributed by atoms with E-state index in [2.05, 4.69) is 17.2 Å². The van der Waals surface area contributed by atoms with Crippen LogP contribution >= 0.6 is 0 Å². The molecule has 6 heteroatoms. The van der Waals surface area contributed by atoms with Gasteiger partial charge < -0.3 is 20.6 Å². The average Bonchev–Trinajstić information content (AvgIpc) is 2.52. The first kappa shape index (κ1) is 10.8. The number of aliphatic carboxylic acids is 1. The molecule has 2 rings (SSSR count). The molecule has 2 heterocycles. The molecule has 1 amide bonds. The lowest BCUT2D eigenvalue weighted by molar-refractivity contribution is -0.138. The summed E-state index contributed by atoms with van der Waals surface area (Å²) in [5.41, 5.74) is 0. The number of carbonyl (C=O) groups excluding carboxylic acids is 1. The van der Waals surface area contributed by atoms with E-state index >= 15 is 0 Å². The van der Waals surface area contributed by atoms with Crippen LogP contribution < -0.4 is 10.6 Å². The van der Waals surface area contributed by atoms with Gasteiger partial charge in [0.1, 0.15) is 12.6 Å². The minimum atomic E-state index is -1.03. The van der Waals surface area contributed by atoms with Crippen molar-refractivity contribution in [3.05, 3.63) is 12.4 Å². The van der Waals surface area contributed by atoms with Crippen LogP contribution in [0.2, 0.25) is 0 Å². The number of carbonyl (C=O) groups is 2. The van der Waals surface area contributed by atoms with Gasteiger partial charge in [-0.25, -0.2) is 0 Å². The molecule has 0 radical (unpaired) electrons. The summed E-state index contributed by atoms with van der Waals surface area (Å²) in [5, 5.41) is 14.1. The predicted molar refractivity (Wildman–Crippen MR) is 56.4 cm³/mol. The van der Waals surface area contributed by atoms with Crippen LogP contribution in [-0.4, -0.2) is 47.1 Å². The quantitative estimate of drug-likeness (QED) is 0.579. The molecule has 3 N–H and O–H groups in total. The van der Waals surface area contributed by atoms with Crippen molar-refractivity contribution in [2.75, 3.05) is 13.1 Å². The van der Waals surface area contributed by atoms with E-state index in [-0.39, 0.29) is 18.5 Å². The molecule has 2 bridgehead atoms. The Morgan fingerprint density at radius 2 is 2.31 bits per heavy atom. The number of nitrogens with one attached hydrogen (secondary N) is 2. The maximum atomic E-state index is 11.8. The van der Waals surface area contributed by atoms with Gasteiger partial charge in [0.15, 0.2) is 0 Å². The monoisotopic (exact) mass is 225 g/mol. The molecule has 0 unspecified atom stereocenters. The molecule has 2 saturated heterocycles. The first-order valence-electron chi connectivity index (χ1n) is 5.29. The first-order valence-corrected chi connectivity index (χ1v) is 5.29. The Balaban J connectivity index is 1.96. The molecule has 0 spiro atoms. The fourth-order valence-electron chi connectivity index (χ4n) is 2.26. The fraction of sp³-hybridized carbons (Fsp3) is 0.600. The molecule has 0 aromatic rings. The van der Waals surface area contributed by atoms with E-state index in [0.717, 1.165) is 25.2 Å². The number of rotatable bonds is 3. The third-order valence-corrected chi connectivity index (χ3v) is 3.02. The van der Waals surface area contributed by atoms with E-state index < -0.39 is 5.97 Å². The average molecular weight is 225 g/mol. The molecule has 2 atom stereocenters. The Labute approximate surface area is 93.3 Å². The van der Waals surface area contributed by atoms with Gasteiger partial charge in [-0.2, -0.15) is 0 Å². The van der Waals surface area contributed by atoms with Crippen molar-refractivity contribution in [1.82, 2.24) is 15.5 Å². The van der Waals surface area contributed by atoms with Crippen LogP contribution in [0.15, 0.2) is 12.4 Å². The van der Waals surface area contributed by atoms with E-state index in [1.54, 1.807) is 0 Å². The van der Waals surface area contributed by atoms with E-state index in [0.29, 0.717) is 6.04 Å². The highest BCUT2D eigenvalue weighted by Crippen LogP contribution is 2.26. The van der Waals surface area contributed by atoms with Crippen molar-refractivity contribution in [2.45, 2.75) is 24.9 Å². The van der Waals surface area contributed by atoms with Crippen LogP contribution in [0.1, 0.15) is 12.8 Å². The molecule has 16 heavy (non-hydrogen) atoms. The zero-order valence-corrected chi connectivity index (χ0v) is 8.90. The van der Waals surface area contributed by atoms with Gasteiger partial charge in [-0.1, -0.05) is 6.58 Å². The summed E-state index contributed by atoms with van der Waals surface area (Å²) in [6, 6.07) is 0.106. The summed E-state index contributed by atoms with van der Waals surface area (Å²) in [7, 11) is 0.